The lowest BCUT2D eigenvalue weighted by atomic mass is 9.96. The van der Waals surface area contributed by atoms with Crippen molar-refractivity contribution in [1.29, 1.82) is 0 Å². The van der Waals surface area contributed by atoms with Crippen LogP contribution in [0.5, 0.6) is 0 Å². The first-order chi connectivity index (χ1) is 10.6. The molecule has 2 N–H and O–H groups in total. The summed E-state index contributed by atoms with van der Waals surface area (Å²) in [4.78, 5) is 24.0. The van der Waals surface area contributed by atoms with E-state index in [2.05, 4.69) is 10.6 Å². The first-order valence-electron chi connectivity index (χ1n) is 7.21. The molecule has 1 aliphatic heterocycles. The molecule has 22 heavy (non-hydrogen) atoms. The van der Waals surface area contributed by atoms with Crippen LogP contribution in [0.15, 0.2) is 41.6 Å². The molecule has 1 unspecified atom stereocenters. The number of hydrogen-bond acceptors (Lipinski definition) is 4. The van der Waals surface area contributed by atoms with Crippen molar-refractivity contribution >= 4 is 12.0 Å². The third-order valence-electron chi connectivity index (χ3n) is 3.29. The molecule has 0 bridgehead atoms. The number of benzene rings is 1. The monoisotopic (exact) mass is 304 g/mol. The van der Waals surface area contributed by atoms with Gasteiger partial charge in [-0.1, -0.05) is 30.3 Å². The molecular weight excluding hydrogens is 284 g/mol. The van der Waals surface area contributed by atoms with Gasteiger partial charge < -0.3 is 20.1 Å². The lowest BCUT2D eigenvalue weighted by Crippen LogP contribution is -2.45. The van der Waals surface area contributed by atoms with E-state index < -0.39 is 12.0 Å². The molecule has 6 nitrogen and oxygen atoms in total. The highest BCUT2D eigenvalue weighted by molar-refractivity contribution is 5.95. The van der Waals surface area contributed by atoms with E-state index in [1.54, 1.807) is 6.92 Å². The predicted octanol–water partition coefficient (Wildman–Crippen LogP) is 1.89. The lowest BCUT2D eigenvalue weighted by molar-refractivity contribution is -0.141. The van der Waals surface area contributed by atoms with Crippen LogP contribution < -0.4 is 10.6 Å². The van der Waals surface area contributed by atoms with Crippen LogP contribution in [0.3, 0.4) is 0 Å². The van der Waals surface area contributed by atoms with Crippen molar-refractivity contribution in [3.8, 4) is 0 Å². The average Bonchev–Trinajstić information content (AvgIpc) is 2.51. The number of esters is 1. The maximum atomic E-state index is 12.3. The van der Waals surface area contributed by atoms with Crippen molar-refractivity contribution in [2.45, 2.75) is 19.9 Å². The molecule has 1 aromatic carbocycles. The molecule has 0 saturated heterocycles. The summed E-state index contributed by atoms with van der Waals surface area (Å²) in [5, 5.41) is 5.36. The van der Waals surface area contributed by atoms with E-state index in [0.717, 1.165) is 5.56 Å². The Morgan fingerprint density at radius 2 is 1.95 bits per heavy atom. The summed E-state index contributed by atoms with van der Waals surface area (Å²) < 4.78 is 10.4. The summed E-state index contributed by atoms with van der Waals surface area (Å²) in [7, 11) is 0. The van der Waals surface area contributed by atoms with Crippen molar-refractivity contribution in [2.75, 3.05) is 19.8 Å². The Hall–Kier alpha value is -2.34. The van der Waals surface area contributed by atoms with E-state index in [-0.39, 0.29) is 12.6 Å². The van der Waals surface area contributed by atoms with Gasteiger partial charge >= 0.3 is 12.0 Å². The van der Waals surface area contributed by atoms with Crippen LogP contribution in [0.4, 0.5) is 4.79 Å². The molecule has 1 aromatic rings. The molecule has 6 heteroatoms. The van der Waals surface area contributed by atoms with Gasteiger partial charge in [-0.15, -0.1) is 0 Å². The molecule has 1 atom stereocenters. The number of allylic oxidation sites excluding steroid dienone is 1. The average molecular weight is 304 g/mol. The second-order valence-corrected chi connectivity index (χ2v) is 4.81. The minimum Gasteiger partial charge on any atom is -0.460 e. The second kappa shape index (κ2) is 7.61. The number of nitrogens with one attached hydrogen (secondary N) is 2. The largest absolute Gasteiger partial charge is 0.460 e. The Morgan fingerprint density at radius 3 is 2.64 bits per heavy atom. The van der Waals surface area contributed by atoms with Gasteiger partial charge in [-0.25, -0.2) is 9.59 Å². The van der Waals surface area contributed by atoms with E-state index in [1.165, 1.54) is 0 Å². The highest BCUT2D eigenvalue weighted by atomic mass is 16.6. The van der Waals surface area contributed by atoms with Crippen LogP contribution in [-0.2, 0) is 14.3 Å². The van der Waals surface area contributed by atoms with Gasteiger partial charge in [0.2, 0.25) is 0 Å². The van der Waals surface area contributed by atoms with Crippen LogP contribution in [-0.4, -0.2) is 31.8 Å². The second-order valence-electron chi connectivity index (χ2n) is 4.81. The third-order valence-corrected chi connectivity index (χ3v) is 3.29. The first kappa shape index (κ1) is 16.0. The molecule has 1 aliphatic rings. The molecule has 1 heterocycles. The highest BCUT2D eigenvalue weighted by Crippen LogP contribution is 2.27. The zero-order chi connectivity index (χ0) is 15.9. The van der Waals surface area contributed by atoms with Gasteiger partial charge in [0, 0.05) is 12.3 Å². The van der Waals surface area contributed by atoms with Gasteiger partial charge in [0.25, 0.3) is 0 Å². The van der Waals surface area contributed by atoms with Gasteiger partial charge in [0.05, 0.1) is 18.2 Å². The molecule has 0 saturated carbocycles. The Balaban J connectivity index is 2.18. The van der Waals surface area contributed by atoms with Crippen LogP contribution in [0.2, 0.25) is 0 Å². The van der Waals surface area contributed by atoms with Crippen molar-refractivity contribution in [3.05, 3.63) is 47.2 Å². The fourth-order valence-corrected chi connectivity index (χ4v) is 2.28. The fraction of sp³-hybridized carbons (Fsp3) is 0.375. The number of hydrogen-bond donors (Lipinski definition) is 2. The summed E-state index contributed by atoms with van der Waals surface area (Å²) in [6, 6.07) is 8.46. The Kier molecular flexibility index (Phi) is 5.55. The number of rotatable bonds is 6. The molecule has 2 amide bonds. The number of carbonyl (C=O) groups excluding carboxylic acids is 2. The fourth-order valence-electron chi connectivity index (χ4n) is 2.28. The third kappa shape index (κ3) is 3.85. The summed E-state index contributed by atoms with van der Waals surface area (Å²) in [5.74, 6) is -0.460. The molecule has 0 spiro atoms. The molecule has 2 rings (SSSR count). The standard InChI is InChI=1S/C16H20N2O4/c1-3-21-9-10-22-15(19)13-11(2)17-16(20)18-14(13)12-7-5-4-6-8-12/h4-8,14H,3,9-10H2,1-2H3,(H2,17,18,20). The normalized spacial score (nSPS) is 17.7. The van der Waals surface area contributed by atoms with Gasteiger partial charge in [-0.3, -0.25) is 0 Å². The molecule has 0 radical (unpaired) electrons. The van der Waals surface area contributed by atoms with Crippen molar-refractivity contribution in [2.24, 2.45) is 0 Å². The molecule has 118 valence electrons. The zero-order valence-electron chi connectivity index (χ0n) is 12.7. The highest BCUT2D eigenvalue weighted by Gasteiger charge is 2.31. The maximum Gasteiger partial charge on any atom is 0.338 e. The van der Waals surface area contributed by atoms with Crippen LogP contribution in [0.1, 0.15) is 25.5 Å². The Morgan fingerprint density at radius 1 is 1.23 bits per heavy atom. The van der Waals surface area contributed by atoms with Crippen LogP contribution >= 0.6 is 0 Å². The number of carbonyl (C=O) groups is 2. The van der Waals surface area contributed by atoms with Crippen LogP contribution in [0.25, 0.3) is 0 Å². The lowest BCUT2D eigenvalue weighted by Gasteiger charge is -2.28. The molecule has 0 aliphatic carbocycles. The number of amides is 2. The predicted molar refractivity (Wildman–Crippen MR) is 81.0 cm³/mol. The van der Waals surface area contributed by atoms with E-state index in [0.29, 0.717) is 24.5 Å². The molecule has 0 fully saturated rings. The maximum absolute atomic E-state index is 12.3. The van der Waals surface area contributed by atoms with Gasteiger partial charge in [0.15, 0.2) is 0 Å². The Bertz CT molecular complexity index is 569. The molecule has 0 aromatic heterocycles. The SMILES string of the molecule is CCOCCOC(=O)C1=C(C)NC(=O)NC1c1ccccc1. The minimum absolute atomic E-state index is 0.179. The van der Waals surface area contributed by atoms with Crippen molar-refractivity contribution in [1.82, 2.24) is 10.6 Å². The topological polar surface area (TPSA) is 76.7 Å². The quantitative estimate of drug-likeness (QED) is 0.621. The van der Waals surface area contributed by atoms with E-state index >= 15 is 0 Å². The molecular formula is C16H20N2O4. The zero-order valence-corrected chi connectivity index (χ0v) is 12.7. The van der Waals surface area contributed by atoms with Crippen molar-refractivity contribution in [3.63, 3.8) is 0 Å². The summed E-state index contributed by atoms with van der Waals surface area (Å²) >= 11 is 0. The Labute approximate surface area is 129 Å². The van der Waals surface area contributed by atoms with Crippen LogP contribution in [0, 0.1) is 0 Å². The summed E-state index contributed by atoms with van der Waals surface area (Å²) in [5.41, 5.74) is 1.73. The van der Waals surface area contributed by atoms with Gasteiger partial charge in [-0.05, 0) is 19.4 Å². The summed E-state index contributed by atoms with van der Waals surface area (Å²) in [6.45, 7) is 4.67. The van der Waals surface area contributed by atoms with Gasteiger partial charge in [-0.2, -0.15) is 0 Å². The number of ether oxygens (including phenoxy) is 2. The first-order valence-corrected chi connectivity index (χ1v) is 7.21. The minimum atomic E-state index is -0.519. The van der Waals surface area contributed by atoms with E-state index in [4.69, 9.17) is 9.47 Å². The van der Waals surface area contributed by atoms with Crippen molar-refractivity contribution < 1.29 is 19.1 Å². The van der Waals surface area contributed by atoms with E-state index in [9.17, 15) is 9.59 Å². The summed E-state index contributed by atoms with van der Waals surface area (Å²) in [6.07, 6.45) is 0. The van der Waals surface area contributed by atoms with Gasteiger partial charge in [0.1, 0.15) is 6.61 Å². The number of urea groups is 1. The smallest absolute Gasteiger partial charge is 0.338 e. The van der Waals surface area contributed by atoms with E-state index in [1.807, 2.05) is 37.3 Å².